The van der Waals surface area contributed by atoms with E-state index in [2.05, 4.69) is 62.8 Å². The smallest absolute Gasteiger partial charge is 0.251 e. The van der Waals surface area contributed by atoms with Crippen LogP contribution in [0.1, 0.15) is 123 Å². The number of aromatic nitrogens is 9. The maximum Gasteiger partial charge on any atom is 0.251 e. The third-order valence-corrected chi connectivity index (χ3v) is 18.5. The van der Waals surface area contributed by atoms with Crippen LogP contribution in [-0.4, -0.2) is 239 Å². The molecule has 0 radical (unpaired) electrons. The van der Waals surface area contributed by atoms with Crippen LogP contribution in [0.4, 0.5) is 0 Å². The van der Waals surface area contributed by atoms with Gasteiger partial charge in [0.05, 0.1) is 94.7 Å². The van der Waals surface area contributed by atoms with Gasteiger partial charge in [-0.3, -0.25) is 42.8 Å². The molecule has 3 saturated heterocycles. The third-order valence-electron chi connectivity index (χ3n) is 18.5. The summed E-state index contributed by atoms with van der Waals surface area (Å²) >= 11 is 0. The highest BCUT2D eigenvalue weighted by Gasteiger charge is 2.39. The molecule has 0 bridgehead atoms. The zero-order valence-corrected chi connectivity index (χ0v) is 59.4. The van der Waals surface area contributed by atoms with Gasteiger partial charge in [-0.1, -0.05) is 107 Å². The average molecular weight is 1490 g/mol. The van der Waals surface area contributed by atoms with E-state index in [-0.39, 0.29) is 94.5 Å². The Hall–Kier alpha value is -10.1. The van der Waals surface area contributed by atoms with Gasteiger partial charge in [-0.2, -0.15) is 0 Å². The van der Waals surface area contributed by atoms with Crippen molar-refractivity contribution in [3.8, 4) is 0 Å². The standard InChI is InChI=1S/C75H93N15O18/c91-43-64-70(100)61(94)34-58(106-64)28-49(46-13-4-1-5-14-46)31-67(97)79-37-55-40-88(85-82-55)22-10-19-76-73(103)52-25-53(74(104)77-20-11-23-89-41-56(83-86-89)38-80-68(98)32-50(47-15-6-2-7-16-47)29-59-35-62(95)71(101)65(44-92)107-59)27-54(26-52)75(105)78-21-12-24-90-42-57(84-87-90)39-81-69(99)33-51(48-17-8-3-9-18-48)30-60-36-63(96)72(102)66(45-93)108-60/h1-9,13-18,25-27,31-33,40-42,58-66,70-72,91-96,100-102H,10-12,19-24,28-30,34-39,43-45H2,(H,76,103)(H,77,104)(H,78,105)(H,79,97)(H,80,98)(H,81,99)/b49-31+,50-32+,51-33+/t58-,59-,60-,61+,62+,63+,64+,65+,66+,70+,71+,72+/m0/s1. The molecule has 15 N–H and O–H groups in total. The van der Waals surface area contributed by atoms with E-state index >= 15 is 0 Å². The molecular weight excluding hydrogens is 1400 g/mol. The molecule has 33 heteroatoms. The van der Waals surface area contributed by atoms with Crippen LogP contribution in [0.3, 0.4) is 0 Å². The topological polar surface area (TPSA) is 476 Å². The van der Waals surface area contributed by atoms with E-state index in [1.54, 1.807) is 32.6 Å². The molecule has 0 unspecified atom stereocenters. The zero-order chi connectivity index (χ0) is 76.5. The summed E-state index contributed by atoms with van der Waals surface area (Å²) in [5.41, 5.74) is 5.51. The SMILES string of the molecule is O=C(/C=C(\C[C@H]1C[C@@H](O)[C@@H](O)[C@@H](CO)O1)c1ccccc1)NCc1cn(CCCNC(=O)c2cc(C(=O)NCCCn3cc(CNC(=O)/C=C(\C[C@H]4C[C@@H](O)[C@@H](O)[C@@H](CO)O4)c4ccccc4)nn3)cc(C(=O)NCCCn3cc(CNC(=O)/C=C(\C[C@H]4C[C@@H](O)[C@@H](O)[C@@H](CO)O4)c4ccccc4)nn3)c2)nn1. The predicted octanol–water partition coefficient (Wildman–Crippen LogP) is -0.194. The number of ether oxygens (including phenoxy) is 3. The number of hydrogen-bond donors (Lipinski definition) is 15. The second-order valence-corrected chi connectivity index (χ2v) is 26.7. The van der Waals surface area contributed by atoms with Gasteiger partial charge in [0.25, 0.3) is 17.7 Å². The minimum absolute atomic E-state index is 0.0286. The van der Waals surface area contributed by atoms with Gasteiger partial charge in [-0.05, 0) is 90.1 Å². The first-order valence-electron chi connectivity index (χ1n) is 35.9. The maximum absolute atomic E-state index is 13.9. The Kier molecular flexibility index (Phi) is 29.9. The molecule has 0 aliphatic carbocycles. The van der Waals surface area contributed by atoms with E-state index in [9.17, 15) is 74.7 Å². The number of amides is 6. The number of rotatable bonds is 36. The van der Waals surface area contributed by atoms with Crippen molar-refractivity contribution in [3.05, 3.63) is 196 Å². The first-order valence-corrected chi connectivity index (χ1v) is 35.9. The van der Waals surface area contributed by atoms with Gasteiger partial charge < -0.3 is 92.1 Å². The number of carbonyl (C=O) groups excluding carboxylic acids is 6. The summed E-state index contributed by atoms with van der Waals surface area (Å²) in [7, 11) is 0. The van der Waals surface area contributed by atoms with Crippen molar-refractivity contribution in [2.24, 2.45) is 0 Å². The molecule has 108 heavy (non-hydrogen) atoms. The van der Waals surface area contributed by atoms with Crippen LogP contribution in [0, 0.1) is 0 Å². The lowest BCUT2D eigenvalue weighted by Gasteiger charge is -2.36. The van der Waals surface area contributed by atoms with Crippen molar-refractivity contribution in [1.29, 1.82) is 0 Å². The predicted molar refractivity (Wildman–Crippen MR) is 387 cm³/mol. The fourth-order valence-corrected chi connectivity index (χ4v) is 12.8. The minimum Gasteiger partial charge on any atom is -0.394 e. The Labute approximate surface area is 621 Å². The number of hydrogen-bond acceptors (Lipinski definition) is 24. The molecular formula is C75H93N15O18. The van der Waals surface area contributed by atoms with Crippen molar-refractivity contribution >= 4 is 52.2 Å². The minimum atomic E-state index is -1.24. The Balaban J connectivity index is 0.721. The van der Waals surface area contributed by atoms with E-state index in [1.807, 2.05) is 91.0 Å². The number of benzene rings is 4. The molecule has 3 aromatic heterocycles. The first-order chi connectivity index (χ1) is 52.3. The number of aryl methyl sites for hydroxylation is 3. The van der Waals surface area contributed by atoms with E-state index in [4.69, 9.17) is 14.2 Å². The van der Waals surface area contributed by atoms with Gasteiger partial charge in [-0.15, -0.1) is 15.3 Å². The molecule has 576 valence electrons. The van der Waals surface area contributed by atoms with Gasteiger partial charge in [0, 0.05) is 93.4 Å². The van der Waals surface area contributed by atoms with Crippen LogP contribution in [-0.2, 0) is 67.9 Å². The largest absolute Gasteiger partial charge is 0.394 e. The van der Waals surface area contributed by atoms with Crippen LogP contribution >= 0.6 is 0 Å². The Morgan fingerprint density at radius 3 is 0.917 bits per heavy atom. The Morgan fingerprint density at radius 1 is 0.389 bits per heavy atom. The summed E-state index contributed by atoms with van der Waals surface area (Å²) in [6.07, 6.45) is -0.386. The molecule has 7 aromatic rings. The van der Waals surface area contributed by atoms with Crippen LogP contribution in [0.25, 0.3) is 16.7 Å². The zero-order valence-electron chi connectivity index (χ0n) is 59.4. The highest BCUT2D eigenvalue weighted by atomic mass is 16.5. The van der Waals surface area contributed by atoms with Crippen molar-refractivity contribution < 1.29 is 88.9 Å². The van der Waals surface area contributed by atoms with Gasteiger partial charge in [0.1, 0.15) is 53.7 Å². The molecule has 6 amide bonds. The monoisotopic (exact) mass is 1490 g/mol. The summed E-state index contributed by atoms with van der Waals surface area (Å²) in [6, 6.07) is 31.6. The van der Waals surface area contributed by atoms with Gasteiger partial charge in [0.15, 0.2) is 0 Å². The lowest BCUT2D eigenvalue weighted by Crippen LogP contribution is -2.49. The molecule has 33 nitrogen and oxygen atoms in total. The Bertz CT molecular complexity index is 3770. The van der Waals surface area contributed by atoms with E-state index in [0.717, 1.165) is 16.7 Å². The molecule has 3 aliphatic rings. The van der Waals surface area contributed by atoms with Crippen molar-refractivity contribution in [1.82, 2.24) is 76.9 Å². The van der Waals surface area contributed by atoms with E-state index in [0.29, 0.717) is 72.7 Å². The second kappa shape index (κ2) is 40.2. The first kappa shape index (κ1) is 80.4. The average Bonchev–Trinajstić information content (AvgIpc) is 0.899. The molecule has 3 aliphatic heterocycles. The number of nitrogens with one attached hydrogen (secondary N) is 6. The van der Waals surface area contributed by atoms with Crippen LogP contribution in [0.2, 0.25) is 0 Å². The quantitative estimate of drug-likeness (QED) is 0.0179. The summed E-state index contributed by atoms with van der Waals surface area (Å²) in [5, 5.41) is 133. The fraction of sp³-hybridized carbons (Fsp3) is 0.440. The molecule has 0 saturated carbocycles. The summed E-state index contributed by atoms with van der Waals surface area (Å²) < 4.78 is 22.2. The fourth-order valence-electron chi connectivity index (χ4n) is 12.8. The lowest BCUT2D eigenvalue weighted by atomic mass is 9.91. The van der Waals surface area contributed by atoms with Crippen molar-refractivity contribution in [2.75, 3.05) is 39.5 Å². The number of aliphatic hydroxyl groups is 9. The molecule has 3 fully saturated rings. The van der Waals surface area contributed by atoms with E-state index < -0.39 is 129 Å². The number of nitrogens with zero attached hydrogens (tertiary/aromatic N) is 9. The van der Waals surface area contributed by atoms with Gasteiger partial charge >= 0.3 is 0 Å². The summed E-state index contributed by atoms with van der Waals surface area (Å²) in [6.45, 7) is -0.00233. The van der Waals surface area contributed by atoms with E-state index in [1.165, 1.54) is 36.4 Å². The van der Waals surface area contributed by atoms with Crippen LogP contribution in [0.5, 0.6) is 0 Å². The van der Waals surface area contributed by atoms with Crippen LogP contribution in [0.15, 0.2) is 146 Å². The highest BCUT2D eigenvalue weighted by Crippen LogP contribution is 2.32. The van der Waals surface area contributed by atoms with Crippen LogP contribution < -0.4 is 31.9 Å². The maximum atomic E-state index is 13.9. The molecule has 4 aromatic carbocycles. The summed E-state index contributed by atoms with van der Waals surface area (Å²) in [5.74, 6) is -3.00. The normalized spacial score (nSPS) is 22.6. The third kappa shape index (κ3) is 23.7. The molecule has 12 atom stereocenters. The lowest BCUT2D eigenvalue weighted by molar-refractivity contribution is -0.177. The molecule has 0 spiro atoms. The second-order valence-electron chi connectivity index (χ2n) is 26.7. The summed E-state index contributed by atoms with van der Waals surface area (Å²) in [4.78, 5) is 81.7. The highest BCUT2D eigenvalue weighted by molar-refractivity contribution is 6.04. The van der Waals surface area contributed by atoms with Gasteiger partial charge in [-0.25, -0.2) is 0 Å². The van der Waals surface area contributed by atoms with Gasteiger partial charge in [0.2, 0.25) is 17.7 Å². The number of carbonyl (C=O) groups is 6. The van der Waals surface area contributed by atoms with Crippen molar-refractivity contribution in [3.63, 3.8) is 0 Å². The Morgan fingerprint density at radius 2 is 0.657 bits per heavy atom. The van der Waals surface area contributed by atoms with Crippen molar-refractivity contribution in [2.45, 2.75) is 170 Å². The number of aliphatic hydroxyl groups excluding tert-OH is 9. The molecule has 10 rings (SSSR count). The molecule has 6 heterocycles.